The summed E-state index contributed by atoms with van der Waals surface area (Å²) in [5.74, 6) is -1.19. The summed E-state index contributed by atoms with van der Waals surface area (Å²) in [6, 6.07) is 1.17. The van der Waals surface area contributed by atoms with E-state index in [0.29, 0.717) is 5.56 Å². The van der Waals surface area contributed by atoms with Gasteiger partial charge in [0.15, 0.2) is 0 Å². The number of halogens is 1. The van der Waals surface area contributed by atoms with Crippen LogP contribution in [0.4, 0.5) is 4.39 Å². The Bertz CT molecular complexity index is 298. The van der Waals surface area contributed by atoms with Crippen molar-refractivity contribution < 1.29 is 9.18 Å². The number of aromatic nitrogens is 1. The molecule has 3 nitrogen and oxygen atoms in total. The molecule has 0 aliphatic heterocycles. The lowest BCUT2D eigenvalue weighted by atomic mass is 10.1. The van der Waals surface area contributed by atoms with E-state index in [4.69, 9.17) is 5.73 Å². The van der Waals surface area contributed by atoms with Crippen LogP contribution >= 0.6 is 0 Å². The molecule has 1 aromatic heterocycles. The Hall–Kier alpha value is -1.45. The van der Waals surface area contributed by atoms with Gasteiger partial charge in [0, 0.05) is 6.20 Å². The summed E-state index contributed by atoms with van der Waals surface area (Å²) in [6.45, 7) is 1.60. The van der Waals surface area contributed by atoms with Gasteiger partial charge in [0.25, 0.3) is 5.91 Å². The molecule has 0 unspecified atom stereocenters. The quantitative estimate of drug-likeness (QED) is 0.603. The van der Waals surface area contributed by atoms with E-state index in [1.807, 2.05) is 0 Å². The fraction of sp³-hybridized carbons (Fsp3) is 0.143. The van der Waals surface area contributed by atoms with E-state index in [9.17, 15) is 9.18 Å². The van der Waals surface area contributed by atoms with Crippen molar-refractivity contribution in [2.24, 2.45) is 5.73 Å². The molecule has 4 heteroatoms. The third-order valence-corrected chi connectivity index (χ3v) is 1.34. The largest absolute Gasteiger partial charge is 0.366 e. The molecule has 0 fully saturated rings. The maximum absolute atomic E-state index is 12.3. The van der Waals surface area contributed by atoms with Crippen molar-refractivity contribution >= 4 is 5.91 Å². The maximum Gasteiger partial charge on any atom is 0.250 e. The molecule has 0 radical (unpaired) electrons. The average molecular weight is 154 g/mol. The number of primary amides is 1. The Balaban J connectivity index is 3.20. The first-order chi connectivity index (χ1) is 5.11. The van der Waals surface area contributed by atoms with Crippen LogP contribution in [0.1, 0.15) is 15.9 Å². The van der Waals surface area contributed by atoms with E-state index in [0.717, 1.165) is 6.20 Å². The smallest absolute Gasteiger partial charge is 0.250 e. The van der Waals surface area contributed by atoms with Gasteiger partial charge >= 0.3 is 0 Å². The summed E-state index contributed by atoms with van der Waals surface area (Å²) >= 11 is 0. The molecule has 0 saturated carbocycles. The van der Waals surface area contributed by atoms with Crippen LogP contribution in [-0.2, 0) is 0 Å². The predicted molar refractivity (Wildman–Crippen MR) is 37.4 cm³/mol. The van der Waals surface area contributed by atoms with Crippen LogP contribution in [0.25, 0.3) is 0 Å². The average Bonchev–Trinajstić information content (AvgIpc) is 1.85. The first-order valence-corrected chi connectivity index (χ1v) is 3.03. The number of carbonyl (C=O) groups is 1. The van der Waals surface area contributed by atoms with E-state index in [-0.39, 0.29) is 5.56 Å². The summed E-state index contributed by atoms with van der Waals surface area (Å²) in [5, 5.41) is 0. The van der Waals surface area contributed by atoms with Crippen LogP contribution in [0.5, 0.6) is 0 Å². The summed E-state index contributed by atoms with van der Waals surface area (Å²) in [5.41, 5.74) is 5.72. The Morgan fingerprint density at radius 1 is 1.73 bits per heavy atom. The van der Waals surface area contributed by atoms with E-state index in [1.165, 1.54) is 6.07 Å². The molecule has 58 valence electrons. The molecular weight excluding hydrogens is 147 g/mol. The molecule has 11 heavy (non-hydrogen) atoms. The van der Waals surface area contributed by atoms with Crippen molar-refractivity contribution in [2.45, 2.75) is 6.92 Å². The molecule has 0 aliphatic rings. The minimum atomic E-state index is -0.604. The van der Waals surface area contributed by atoms with E-state index < -0.39 is 11.9 Å². The molecule has 0 bridgehead atoms. The first kappa shape index (κ1) is 7.65. The van der Waals surface area contributed by atoms with Gasteiger partial charge in [-0.1, -0.05) is 0 Å². The normalized spacial score (nSPS) is 9.64. The summed E-state index contributed by atoms with van der Waals surface area (Å²) < 4.78 is 12.3. The standard InChI is InChI=1S/C7H7FN2O/c1-4-2-6(8)10-3-5(4)7(9)11/h2-3H,1H3,(H2,9,11). The maximum atomic E-state index is 12.3. The summed E-state index contributed by atoms with van der Waals surface area (Å²) in [7, 11) is 0. The second-order valence-electron chi connectivity index (χ2n) is 2.19. The molecule has 0 aromatic carbocycles. The lowest BCUT2D eigenvalue weighted by Gasteiger charge is -1.98. The lowest BCUT2D eigenvalue weighted by Crippen LogP contribution is -2.13. The fourth-order valence-electron chi connectivity index (χ4n) is 0.780. The van der Waals surface area contributed by atoms with Gasteiger partial charge < -0.3 is 5.73 Å². The summed E-state index contributed by atoms with van der Waals surface area (Å²) in [4.78, 5) is 13.9. The molecule has 1 amide bonds. The van der Waals surface area contributed by atoms with Crippen molar-refractivity contribution in [2.75, 3.05) is 0 Å². The van der Waals surface area contributed by atoms with Gasteiger partial charge in [-0.2, -0.15) is 4.39 Å². The lowest BCUT2D eigenvalue weighted by molar-refractivity contribution is 0.0999. The van der Waals surface area contributed by atoms with Crippen molar-refractivity contribution in [1.82, 2.24) is 4.98 Å². The number of hydrogen-bond donors (Lipinski definition) is 1. The number of amides is 1. The third kappa shape index (κ3) is 1.52. The van der Waals surface area contributed by atoms with Gasteiger partial charge in [0.1, 0.15) is 0 Å². The highest BCUT2D eigenvalue weighted by Gasteiger charge is 2.05. The van der Waals surface area contributed by atoms with Crippen molar-refractivity contribution in [1.29, 1.82) is 0 Å². The van der Waals surface area contributed by atoms with Crippen molar-refractivity contribution in [3.63, 3.8) is 0 Å². The van der Waals surface area contributed by atoms with Gasteiger partial charge in [0.05, 0.1) is 5.56 Å². The van der Waals surface area contributed by atoms with E-state index >= 15 is 0 Å². The van der Waals surface area contributed by atoms with Crippen molar-refractivity contribution in [3.8, 4) is 0 Å². The fourth-order valence-corrected chi connectivity index (χ4v) is 0.780. The van der Waals surface area contributed by atoms with Crippen LogP contribution in [0.2, 0.25) is 0 Å². The molecular formula is C7H7FN2O. The monoisotopic (exact) mass is 154 g/mol. The van der Waals surface area contributed by atoms with E-state index in [2.05, 4.69) is 4.98 Å². The highest BCUT2D eigenvalue weighted by atomic mass is 19.1. The van der Waals surface area contributed by atoms with Gasteiger partial charge in [0.2, 0.25) is 5.95 Å². The number of pyridine rings is 1. The zero-order valence-electron chi connectivity index (χ0n) is 5.97. The molecule has 1 rings (SSSR count). The number of hydrogen-bond acceptors (Lipinski definition) is 2. The van der Waals surface area contributed by atoms with Crippen LogP contribution in [0.3, 0.4) is 0 Å². The highest BCUT2D eigenvalue weighted by Crippen LogP contribution is 2.05. The Kier molecular flexibility index (Phi) is 1.85. The van der Waals surface area contributed by atoms with Crippen LogP contribution in [-0.4, -0.2) is 10.9 Å². The second-order valence-corrected chi connectivity index (χ2v) is 2.19. The number of carbonyl (C=O) groups excluding carboxylic acids is 1. The van der Waals surface area contributed by atoms with Gasteiger partial charge in [-0.25, -0.2) is 4.98 Å². The van der Waals surface area contributed by atoms with E-state index in [1.54, 1.807) is 6.92 Å². The molecule has 1 aromatic rings. The summed E-state index contributed by atoms with van der Waals surface area (Å²) in [6.07, 6.45) is 1.13. The highest BCUT2D eigenvalue weighted by molar-refractivity contribution is 5.93. The topological polar surface area (TPSA) is 56.0 Å². The first-order valence-electron chi connectivity index (χ1n) is 3.03. The number of rotatable bonds is 1. The minimum absolute atomic E-state index is 0.256. The SMILES string of the molecule is Cc1cc(F)ncc1C(N)=O. The molecule has 1 heterocycles. The van der Waals surface area contributed by atoms with Gasteiger partial charge in [-0.3, -0.25) is 4.79 Å². The van der Waals surface area contributed by atoms with Crippen LogP contribution in [0.15, 0.2) is 12.3 Å². The molecule has 0 atom stereocenters. The second kappa shape index (κ2) is 2.65. The van der Waals surface area contributed by atoms with Gasteiger partial charge in [-0.15, -0.1) is 0 Å². The van der Waals surface area contributed by atoms with Crippen molar-refractivity contribution in [3.05, 3.63) is 29.3 Å². The molecule has 0 aliphatic carbocycles. The Morgan fingerprint density at radius 2 is 2.36 bits per heavy atom. The Morgan fingerprint density at radius 3 is 2.82 bits per heavy atom. The zero-order valence-corrected chi connectivity index (χ0v) is 5.97. The Labute approximate surface area is 63.0 Å². The zero-order chi connectivity index (χ0) is 8.43. The molecule has 2 N–H and O–H groups in total. The molecule has 0 spiro atoms. The third-order valence-electron chi connectivity index (χ3n) is 1.34. The molecule has 0 saturated heterocycles. The van der Waals surface area contributed by atoms with Gasteiger partial charge in [-0.05, 0) is 18.6 Å². The minimum Gasteiger partial charge on any atom is -0.366 e. The number of aryl methyl sites for hydroxylation is 1. The number of nitrogens with two attached hydrogens (primary N) is 1. The van der Waals surface area contributed by atoms with Crippen LogP contribution < -0.4 is 5.73 Å². The predicted octanol–water partition coefficient (Wildman–Crippen LogP) is 0.628. The number of nitrogens with zero attached hydrogens (tertiary/aromatic N) is 1. The van der Waals surface area contributed by atoms with Crippen LogP contribution in [0, 0.1) is 12.9 Å².